The number of amides is 3. The fourth-order valence-corrected chi connectivity index (χ4v) is 4.55. The van der Waals surface area contributed by atoms with Gasteiger partial charge in [-0.3, -0.25) is 14.4 Å². The van der Waals surface area contributed by atoms with Crippen LogP contribution in [0, 0.1) is 11.8 Å². The highest BCUT2D eigenvalue weighted by Gasteiger charge is 2.49. The molecule has 2 fully saturated rings. The van der Waals surface area contributed by atoms with E-state index >= 15 is 0 Å². The number of carbonyl (C=O) groups is 3. The molecule has 7 nitrogen and oxygen atoms in total. The van der Waals surface area contributed by atoms with Crippen LogP contribution in [0.4, 0.5) is 0 Å². The number of phenolic OH excluding ortho intramolecular Hbond substituents is 1. The van der Waals surface area contributed by atoms with Gasteiger partial charge in [0, 0.05) is 26.1 Å². The minimum Gasteiger partial charge on any atom is -0.508 e. The summed E-state index contributed by atoms with van der Waals surface area (Å²) in [5.74, 6) is 0.164. The third kappa shape index (κ3) is 4.89. The van der Waals surface area contributed by atoms with Crippen LogP contribution in [0.1, 0.15) is 39.2 Å². The van der Waals surface area contributed by atoms with Crippen molar-refractivity contribution in [1.29, 1.82) is 0 Å². The molecule has 0 aliphatic carbocycles. The first-order valence-corrected chi connectivity index (χ1v) is 10.4. The van der Waals surface area contributed by atoms with Gasteiger partial charge in [-0.05, 0) is 42.9 Å². The molecule has 3 amide bonds. The first-order valence-electron chi connectivity index (χ1n) is 10.4. The molecule has 158 valence electrons. The van der Waals surface area contributed by atoms with Crippen LogP contribution < -0.4 is 5.32 Å². The van der Waals surface area contributed by atoms with Crippen molar-refractivity contribution in [2.45, 2.75) is 52.1 Å². The van der Waals surface area contributed by atoms with Crippen LogP contribution in [0.15, 0.2) is 24.3 Å². The molecular formula is C22H31N3O4. The molecule has 1 aromatic carbocycles. The van der Waals surface area contributed by atoms with Gasteiger partial charge in [0.15, 0.2) is 0 Å². The van der Waals surface area contributed by atoms with Crippen molar-refractivity contribution in [3.63, 3.8) is 0 Å². The van der Waals surface area contributed by atoms with Crippen molar-refractivity contribution in [3.8, 4) is 5.75 Å². The van der Waals surface area contributed by atoms with E-state index in [-0.39, 0.29) is 48.0 Å². The maximum Gasteiger partial charge on any atom is 0.242 e. The predicted octanol–water partition coefficient (Wildman–Crippen LogP) is 1.54. The zero-order chi connectivity index (χ0) is 21.1. The molecule has 1 aromatic rings. The van der Waals surface area contributed by atoms with E-state index in [0.717, 1.165) is 12.0 Å². The fraction of sp³-hybridized carbons (Fsp3) is 0.591. The second kappa shape index (κ2) is 8.84. The Balaban J connectivity index is 1.65. The lowest BCUT2D eigenvalue weighted by Gasteiger charge is -2.40. The first-order chi connectivity index (χ1) is 13.8. The van der Waals surface area contributed by atoms with Crippen molar-refractivity contribution in [2.24, 2.45) is 11.8 Å². The van der Waals surface area contributed by atoms with E-state index in [4.69, 9.17) is 0 Å². The van der Waals surface area contributed by atoms with Gasteiger partial charge < -0.3 is 20.2 Å². The van der Waals surface area contributed by atoms with E-state index in [9.17, 15) is 19.5 Å². The number of nitrogens with zero attached hydrogens (tertiary/aromatic N) is 2. The number of hydrogen-bond donors (Lipinski definition) is 2. The minimum atomic E-state index is -0.252. The molecule has 0 spiro atoms. The summed E-state index contributed by atoms with van der Waals surface area (Å²) in [6.07, 6.45) is 2.05. The Bertz CT molecular complexity index is 762. The van der Waals surface area contributed by atoms with E-state index in [1.54, 1.807) is 17.0 Å². The number of hydrogen-bond acceptors (Lipinski definition) is 4. The van der Waals surface area contributed by atoms with Gasteiger partial charge >= 0.3 is 0 Å². The number of fused-ring (bicyclic) bond motifs is 1. The largest absolute Gasteiger partial charge is 0.508 e. The normalized spacial score (nSPS) is 24.0. The molecule has 0 bridgehead atoms. The number of phenols is 1. The fourth-order valence-electron chi connectivity index (χ4n) is 4.55. The van der Waals surface area contributed by atoms with Crippen molar-refractivity contribution >= 4 is 17.7 Å². The van der Waals surface area contributed by atoms with Gasteiger partial charge in [0.2, 0.25) is 17.7 Å². The smallest absolute Gasteiger partial charge is 0.242 e. The van der Waals surface area contributed by atoms with Crippen LogP contribution in [-0.4, -0.2) is 64.3 Å². The summed E-state index contributed by atoms with van der Waals surface area (Å²) in [5.41, 5.74) is 1.04. The van der Waals surface area contributed by atoms with Crippen molar-refractivity contribution < 1.29 is 19.5 Å². The van der Waals surface area contributed by atoms with E-state index in [1.165, 1.54) is 6.92 Å². The molecule has 29 heavy (non-hydrogen) atoms. The topological polar surface area (TPSA) is 90.0 Å². The third-order valence-corrected chi connectivity index (χ3v) is 5.93. The van der Waals surface area contributed by atoms with Gasteiger partial charge in [-0.15, -0.1) is 0 Å². The summed E-state index contributed by atoms with van der Waals surface area (Å²) in [6, 6.07) is 6.75. The van der Waals surface area contributed by atoms with Crippen molar-refractivity contribution in [3.05, 3.63) is 29.8 Å². The number of benzene rings is 1. The molecule has 7 heteroatoms. The summed E-state index contributed by atoms with van der Waals surface area (Å²) in [4.78, 5) is 41.0. The zero-order valence-electron chi connectivity index (χ0n) is 17.4. The Morgan fingerprint density at radius 1 is 1.24 bits per heavy atom. The lowest BCUT2D eigenvalue weighted by atomic mass is 9.91. The molecule has 2 aliphatic rings. The molecule has 2 aliphatic heterocycles. The Labute approximate surface area is 172 Å². The second-order valence-electron chi connectivity index (χ2n) is 8.60. The van der Waals surface area contributed by atoms with Gasteiger partial charge in [0.05, 0.1) is 18.5 Å². The lowest BCUT2D eigenvalue weighted by Crippen LogP contribution is -2.57. The van der Waals surface area contributed by atoms with Gasteiger partial charge in [0.25, 0.3) is 0 Å². The van der Waals surface area contributed by atoms with Crippen LogP contribution in [-0.2, 0) is 20.8 Å². The average Bonchev–Trinajstić information content (AvgIpc) is 3.01. The molecule has 2 heterocycles. The van der Waals surface area contributed by atoms with Gasteiger partial charge in [-0.1, -0.05) is 26.0 Å². The highest BCUT2D eigenvalue weighted by molar-refractivity contribution is 5.88. The molecule has 0 aromatic heterocycles. The molecular weight excluding hydrogens is 370 g/mol. The Hall–Kier alpha value is -2.57. The quantitative estimate of drug-likeness (QED) is 0.757. The summed E-state index contributed by atoms with van der Waals surface area (Å²) in [5, 5.41) is 12.4. The van der Waals surface area contributed by atoms with Crippen LogP contribution >= 0.6 is 0 Å². The standard InChI is InChI=1S/C22H31N3O4/c1-14(2)10-20-19(11-17-12-24(15(3)26)13-21(28)25(17)20)22(29)23-9-8-16-4-6-18(27)7-5-16/h4-7,14,17,19-20,27H,8-13H2,1-3H3,(H,23,29)/t17-,19-,20-/m0/s1. The van der Waals surface area contributed by atoms with E-state index in [2.05, 4.69) is 19.2 Å². The van der Waals surface area contributed by atoms with E-state index < -0.39 is 0 Å². The first kappa shape index (κ1) is 21.1. The Morgan fingerprint density at radius 2 is 1.93 bits per heavy atom. The molecule has 2 N–H and O–H groups in total. The molecule has 3 atom stereocenters. The summed E-state index contributed by atoms with van der Waals surface area (Å²) in [7, 11) is 0. The van der Waals surface area contributed by atoms with E-state index in [0.29, 0.717) is 31.8 Å². The monoisotopic (exact) mass is 401 g/mol. The number of rotatable bonds is 6. The maximum absolute atomic E-state index is 13.0. The molecule has 2 saturated heterocycles. The highest BCUT2D eigenvalue weighted by atomic mass is 16.3. The zero-order valence-corrected chi connectivity index (χ0v) is 17.4. The average molecular weight is 402 g/mol. The molecule has 3 rings (SSSR count). The van der Waals surface area contributed by atoms with E-state index in [1.807, 2.05) is 17.0 Å². The van der Waals surface area contributed by atoms with Gasteiger partial charge in [-0.2, -0.15) is 0 Å². The number of piperazine rings is 1. The number of carbonyl (C=O) groups excluding carboxylic acids is 3. The summed E-state index contributed by atoms with van der Waals surface area (Å²) < 4.78 is 0. The minimum absolute atomic E-state index is 0.0222. The van der Waals surface area contributed by atoms with Crippen LogP contribution in [0.2, 0.25) is 0 Å². The lowest BCUT2D eigenvalue weighted by molar-refractivity contribution is -0.148. The third-order valence-electron chi connectivity index (χ3n) is 5.93. The van der Waals surface area contributed by atoms with Gasteiger partial charge in [0.1, 0.15) is 5.75 Å². The second-order valence-corrected chi connectivity index (χ2v) is 8.60. The van der Waals surface area contributed by atoms with Crippen LogP contribution in [0.25, 0.3) is 0 Å². The maximum atomic E-state index is 13.0. The van der Waals surface area contributed by atoms with Crippen LogP contribution in [0.5, 0.6) is 5.75 Å². The molecule has 0 unspecified atom stereocenters. The SMILES string of the molecule is CC(=O)N1CC(=O)N2[C@@H](C[C@H](C(=O)NCCc3ccc(O)cc3)[C@@H]2CC(C)C)C1. The predicted molar refractivity (Wildman–Crippen MR) is 109 cm³/mol. The number of aromatic hydroxyl groups is 1. The highest BCUT2D eigenvalue weighted by Crippen LogP contribution is 2.36. The summed E-state index contributed by atoms with van der Waals surface area (Å²) in [6.45, 7) is 6.80. The molecule has 0 radical (unpaired) electrons. The Morgan fingerprint density at radius 3 is 2.55 bits per heavy atom. The summed E-state index contributed by atoms with van der Waals surface area (Å²) >= 11 is 0. The Kier molecular flexibility index (Phi) is 6.45. The molecule has 0 saturated carbocycles. The van der Waals surface area contributed by atoms with Crippen molar-refractivity contribution in [1.82, 2.24) is 15.1 Å². The van der Waals surface area contributed by atoms with Crippen molar-refractivity contribution in [2.75, 3.05) is 19.6 Å². The van der Waals surface area contributed by atoms with Gasteiger partial charge in [-0.25, -0.2) is 0 Å². The number of nitrogens with one attached hydrogen (secondary N) is 1. The van der Waals surface area contributed by atoms with Crippen LogP contribution in [0.3, 0.4) is 0 Å².